The van der Waals surface area contributed by atoms with Crippen LogP contribution in [0.3, 0.4) is 0 Å². The van der Waals surface area contributed by atoms with E-state index in [1.165, 1.54) is 0 Å². The zero-order valence-electron chi connectivity index (χ0n) is 8.95. The van der Waals surface area contributed by atoms with Crippen molar-refractivity contribution in [2.45, 2.75) is 13.0 Å². The van der Waals surface area contributed by atoms with Crippen LogP contribution in [0.15, 0.2) is 0 Å². The highest BCUT2D eigenvalue weighted by molar-refractivity contribution is 4.72. The number of hydrogen-bond acceptors (Lipinski definition) is 4. The minimum atomic E-state index is -0.207. The van der Waals surface area contributed by atoms with Gasteiger partial charge in [0.05, 0.1) is 6.10 Å². The maximum atomic E-state index is 9.20. The van der Waals surface area contributed by atoms with Crippen molar-refractivity contribution in [2.75, 3.05) is 45.8 Å². The molecule has 0 aromatic rings. The summed E-state index contributed by atoms with van der Waals surface area (Å²) in [5, 5.41) is 9.20. The average molecular weight is 199 g/mol. The summed E-state index contributed by atoms with van der Waals surface area (Å²) in [5.74, 6) is 0. The van der Waals surface area contributed by atoms with E-state index in [1.807, 2.05) is 6.92 Å². The van der Waals surface area contributed by atoms with Gasteiger partial charge in [0.2, 0.25) is 0 Å². The molecule has 1 saturated heterocycles. The van der Waals surface area contributed by atoms with Gasteiger partial charge in [0.25, 0.3) is 0 Å². The van der Waals surface area contributed by atoms with Crippen LogP contribution in [0.4, 0.5) is 0 Å². The number of aliphatic hydroxyl groups excluding tert-OH is 1. The van der Waals surface area contributed by atoms with Crippen LogP contribution in [0.2, 0.25) is 0 Å². The van der Waals surface area contributed by atoms with Crippen LogP contribution in [-0.2, 0) is 0 Å². The Kier molecular flexibility index (Phi) is 7.09. The van der Waals surface area contributed by atoms with Crippen LogP contribution in [-0.4, -0.2) is 66.8 Å². The number of nitrogens with two attached hydrogens (primary N) is 1. The molecule has 0 spiro atoms. The van der Waals surface area contributed by atoms with E-state index in [0.29, 0.717) is 0 Å². The van der Waals surface area contributed by atoms with E-state index in [-0.39, 0.29) is 13.5 Å². The monoisotopic (exact) mass is 199 g/mol. The quantitative estimate of drug-likeness (QED) is 0.611. The zero-order valence-corrected chi connectivity index (χ0v) is 8.95. The van der Waals surface area contributed by atoms with Crippen LogP contribution < -0.4 is 5.73 Å². The molecule has 1 atom stereocenters. The summed E-state index contributed by atoms with van der Waals surface area (Å²) in [7, 11) is 0. The van der Waals surface area contributed by atoms with Crippen molar-refractivity contribution in [2.24, 2.45) is 5.73 Å². The molecule has 0 aliphatic carbocycles. The van der Waals surface area contributed by atoms with E-state index in [1.54, 1.807) is 0 Å². The van der Waals surface area contributed by atoms with Gasteiger partial charge in [-0.3, -0.25) is 9.80 Å². The molecule has 0 aromatic heterocycles. The van der Waals surface area contributed by atoms with Gasteiger partial charge < -0.3 is 10.8 Å². The predicted molar refractivity (Wildman–Crippen MR) is 56.9 cm³/mol. The summed E-state index contributed by atoms with van der Waals surface area (Å²) in [6, 6.07) is 0. The lowest BCUT2D eigenvalue weighted by atomic mass is 10.3. The standard InChI is InChI=1S/C9H21N3O.C/c1-9(13)8-12-6-4-11(3-2-10)5-7-12;/h9,13H,2-8,10H2,1H3;. The molecule has 1 fully saturated rings. The molecular formula is C10H21N3O. The van der Waals surface area contributed by atoms with Gasteiger partial charge in [0.15, 0.2) is 0 Å². The third-order valence-electron chi connectivity index (χ3n) is 2.43. The van der Waals surface area contributed by atoms with Crippen LogP contribution in [0.5, 0.6) is 0 Å². The van der Waals surface area contributed by atoms with Crippen molar-refractivity contribution in [1.29, 1.82) is 0 Å². The van der Waals surface area contributed by atoms with Gasteiger partial charge in [0, 0.05) is 53.2 Å². The second kappa shape index (κ2) is 7.17. The summed E-state index contributed by atoms with van der Waals surface area (Å²) in [6.07, 6.45) is -0.207. The number of piperazine rings is 1. The Labute approximate surface area is 87.7 Å². The second-order valence-electron chi connectivity index (χ2n) is 3.78. The molecule has 4 heteroatoms. The molecule has 0 amide bonds. The fourth-order valence-corrected chi connectivity index (χ4v) is 1.75. The van der Waals surface area contributed by atoms with Gasteiger partial charge in [-0.05, 0) is 6.92 Å². The predicted octanol–water partition coefficient (Wildman–Crippen LogP) is -0.975. The van der Waals surface area contributed by atoms with E-state index < -0.39 is 0 Å². The summed E-state index contributed by atoms with van der Waals surface area (Å²) in [5.41, 5.74) is 5.48. The molecule has 82 valence electrons. The van der Waals surface area contributed by atoms with Crippen LogP contribution in [0.25, 0.3) is 0 Å². The molecule has 1 rings (SSSR count). The smallest absolute Gasteiger partial charge is 0.0639 e. The number of rotatable bonds is 4. The average Bonchev–Trinajstić information content (AvgIpc) is 2.08. The molecule has 4 nitrogen and oxygen atoms in total. The Morgan fingerprint density at radius 1 is 1.21 bits per heavy atom. The van der Waals surface area contributed by atoms with E-state index in [9.17, 15) is 5.11 Å². The molecule has 0 bridgehead atoms. The maximum Gasteiger partial charge on any atom is 0.0639 e. The van der Waals surface area contributed by atoms with Crippen LogP contribution in [0, 0.1) is 7.43 Å². The lowest BCUT2D eigenvalue weighted by Crippen LogP contribution is -2.49. The molecule has 0 saturated carbocycles. The topological polar surface area (TPSA) is 52.7 Å². The van der Waals surface area contributed by atoms with Crippen molar-refractivity contribution in [3.05, 3.63) is 7.43 Å². The first-order valence-electron chi connectivity index (χ1n) is 5.05. The maximum absolute atomic E-state index is 9.20. The number of β-amino-alcohol motifs (C(OH)–C–C–N with tert-alkyl or cyclic N) is 1. The third kappa shape index (κ3) is 4.91. The summed E-state index contributed by atoms with van der Waals surface area (Å²) in [4.78, 5) is 4.68. The molecule has 1 unspecified atom stereocenters. The Morgan fingerprint density at radius 3 is 2.14 bits per heavy atom. The van der Waals surface area contributed by atoms with E-state index in [4.69, 9.17) is 5.73 Å². The highest BCUT2D eigenvalue weighted by atomic mass is 16.3. The van der Waals surface area contributed by atoms with Crippen molar-refractivity contribution >= 4 is 0 Å². The van der Waals surface area contributed by atoms with Crippen LogP contribution >= 0.6 is 0 Å². The molecule has 1 aliphatic heterocycles. The summed E-state index contributed by atoms with van der Waals surface area (Å²) in [6.45, 7) is 8.69. The fourth-order valence-electron chi connectivity index (χ4n) is 1.75. The first-order valence-corrected chi connectivity index (χ1v) is 5.05. The first kappa shape index (κ1) is 13.8. The van der Waals surface area contributed by atoms with Gasteiger partial charge in [-0.25, -0.2) is 0 Å². The van der Waals surface area contributed by atoms with Crippen molar-refractivity contribution in [1.82, 2.24) is 9.80 Å². The van der Waals surface area contributed by atoms with E-state index in [2.05, 4.69) is 9.80 Å². The second-order valence-corrected chi connectivity index (χ2v) is 3.78. The summed E-state index contributed by atoms with van der Waals surface area (Å²) >= 11 is 0. The SMILES string of the molecule is CC(O)CN1CCN(CCN)CC1.[C]. The van der Waals surface area contributed by atoms with E-state index >= 15 is 0 Å². The van der Waals surface area contributed by atoms with Gasteiger partial charge in [0.1, 0.15) is 0 Å². The van der Waals surface area contributed by atoms with Crippen molar-refractivity contribution in [3.8, 4) is 0 Å². The molecular weight excluding hydrogens is 178 g/mol. The first-order chi connectivity index (χ1) is 6.22. The van der Waals surface area contributed by atoms with Crippen molar-refractivity contribution in [3.63, 3.8) is 0 Å². The highest BCUT2D eigenvalue weighted by Crippen LogP contribution is 2.01. The Morgan fingerprint density at radius 2 is 1.71 bits per heavy atom. The van der Waals surface area contributed by atoms with Gasteiger partial charge >= 0.3 is 0 Å². The molecule has 3 N–H and O–H groups in total. The minimum absolute atomic E-state index is 0. The lowest BCUT2D eigenvalue weighted by Gasteiger charge is -2.34. The molecule has 4 radical (unpaired) electrons. The normalized spacial score (nSPS) is 21.6. The van der Waals surface area contributed by atoms with Crippen LogP contribution in [0.1, 0.15) is 6.92 Å². The summed E-state index contributed by atoms with van der Waals surface area (Å²) < 4.78 is 0. The van der Waals surface area contributed by atoms with E-state index in [0.717, 1.165) is 45.8 Å². The van der Waals surface area contributed by atoms with Gasteiger partial charge in [-0.2, -0.15) is 0 Å². The third-order valence-corrected chi connectivity index (χ3v) is 2.43. The number of hydrogen-bond donors (Lipinski definition) is 2. The molecule has 1 heterocycles. The molecule has 0 aromatic carbocycles. The lowest BCUT2D eigenvalue weighted by molar-refractivity contribution is 0.0820. The zero-order chi connectivity index (χ0) is 9.68. The van der Waals surface area contributed by atoms with Gasteiger partial charge in [-0.15, -0.1) is 0 Å². The minimum Gasteiger partial charge on any atom is -0.392 e. The number of nitrogens with zero attached hydrogens (tertiary/aromatic N) is 2. The largest absolute Gasteiger partial charge is 0.392 e. The molecule has 1 aliphatic rings. The Hall–Kier alpha value is -0.160. The van der Waals surface area contributed by atoms with Crippen molar-refractivity contribution < 1.29 is 5.11 Å². The van der Waals surface area contributed by atoms with Gasteiger partial charge in [-0.1, -0.05) is 0 Å². The number of aliphatic hydroxyl groups is 1. The highest BCUT2D eigenvalue weighted by Gasteiger charge is 2.16. The Bertz CT molecular complexity index is 133. The Balaban J connectivity index is 0.00000169. The molecule has 14 heavy (non-hydrogen) atoms. The fraction of sp³-hybridized carbons (Fsp3) is 0.900.